The fourth-order valence-corrected chi connectivity index (χ4v) is 3.27. The topological polar surface area (TPSA) is 23.5 Å². The van der Waals surface area contributed by atoms with Gasteiger partial charge in [0.2, 0.25) is 0 Å². The van der Waals surface area contributed by atoms with E-state index >= 15 is 0 Å². The van der Waals surface area contributed by atoms with Gasteiger partial charge in [0.05, 0.1) is 6.10 Å². The van der Waals surface area contributed by atoms with E-state index in [0.29, 0.717) is 6.04 Å². The largest absolute Gasteiger partial charge is 0.391 e. The van der Waals surface area contributed by atoms with Crippen LogP contribution in [0.3, 0.4) is 0 Å². The lowest BCUT2D eigenvalue weighted by molar-refractivity contribution is -0.0590. The molecule has 0 aromatic heterocycles. The number of nitrogens with zero attached hydrogens (tertiary/aromatic N) is 1. The number of hydrogen-bond acceptors (Lipinski definition) is 2. The molecule has 2 unspecified atom stereocenters. The highest BCUT2D eigenvalue weighted by Gasteiger charge is 2.40. The van der Waals surface area contributed by atoms with Crippen molar-refractivity contribution in [2.24, 2.45) is 17.3 Å². The second-order valence-electron chi connectivity index (χ2n) is 8.29. The average molecular weight is 283 g/mol. The predicted molar refractivity (Wildman–Crippen MR) is 87.9 cm³/mol. The van der Waals surface area contributed by atoms with Crippen LogP contribution in [0.25, 0.3) is 0 Å². The van der Waals surface area contributed by atoms with Gasteiger partial charge in [0.1, 0.15) is 0 Å². The molecule has 0 bridgehead atoms. The molecule has 1 aliphatic carbocycles. The van der Waals surface area contributed by atoms with E-state index in [-0.39, 0.29) is 11.5 Å². The Morgan fingerprint density at radius 2 is 1.55 bits per heavy atom. The molecule has 0 aromatic rings. The molecule has 0 heterocycles. The van der Waals surface area contributed by atoms with Gasteiger partial charge in [-0.15, -0.1) is 0 Å². The van der Waals surface area contributed by atoms with E-state index in [2.05, 4.69) is 46.4 Å². The van der Waals surface area contributed by atoms with E-state index < -0.39 is 0 Å². The van der Waals surface area contributed by atoms with E-state index in [1.165, 1.54) is 25.7 Å². The Labute approximate surface area is 126 Å². The third kappa shape index (κ3) is 5.37. The normalized spacial score (nSPS) is 26.7. The van der Waals surface area contributed by atoms with Crippen molar-refractivity contribution in [1.82, 2.24) is 4.90 Å². The van der Waals surface area contributed by atoms with Crippen LogP contribution in [0.4, 0.5) is 0 Å². The van der Waals surface area contributed by atoms with Crippen LogP contribution < -0.4 is 0 Å². The summed E-state index contributed by atoms with van der Waals surface area (Å²) in [5.74, 6) is 1.48. The van der Waals surface area contributed by atoms with Gasteiger partial charge in [-0.3, -0.25) is 4.90 Å². The first-order valence-electron chi connectivity index (χ1n) is 8.66. The SMILES string of the molecule is CC(C)CCN(CCC(C)C)C1CCCC(C)(C)C1O. The van der Waals surface area contributed by atoms with Crippen LogP contribution >= 0.6 is 0 Å². The molecule has 0 amide bonds. The van der Waals surface area contributed by atoms with Gasteiger partial charge in [0.15, 0.2) is 0 Å². The van der Waals surface area contributed by atoms with Crippen LogP contribution in [0.5, 0.6) is 0 Å². The zero-order valence-electron chi connectivity index (χ0n) is 14.7. The highest BCUT2D eigenvalue weighted by atomic mass is 16.3. The molecule has 120 valence electrons. The predicted octanol–water partition coefficient (Wildman–Crippen LogP) is 4.32. The summed E-state index contributed by atoms with van der Waals surface area (Å²) in [6, 6.07) is 0.372. The maximum absolute atomic E-state index is 10.8. The van der Waals surface area contributed by atoms with Gasteiger partial charge in [-0.1, -0.05) is 48.0 Å². The molecule has 0 aromatic carbocycles. The maximum atomic E-state index is 10.8. The molecule has 0 aliphatic heterocycles. The van der Waals surface area contributed by atoms with Crippen LogP contribution in [0.2, 0.25) is 0 Å². The number of hydrogen-bond donors (Lipinski definition) is 1. The summed E-state index contributed by atoms with van der Waals surface area (Å²) in [6.07, 6.45) is 5.89. The lowest BCUT2D eigenvalue weighted by atomic mass is 9.72. The molecular weight excluding hydrogens is 246 g/mol. The van der Waals surface area contributed by atoms with Gasteiger partial charge < -0.3 is 5.11 Å². The molecule has 0 saturated heterocycles. The summed E-state index contributed by atoms with van der Waals surface area (Å²) in [5, 5.41) is 10.8. The van der Waals surface area contributed by atoms with Crippen molar-refractivity contribution in [2.75, 3.05) is 13.1 Å². The standard InChI is InChI=1S/C18H37NO/c1-14(2)9-12-19(13-10-15(3)4)16-8-7-11-18(5,6)17(16)20/h14-17,20H,7-13H2,1-6H3. The molecule has 0 spiro atoms. The molecule has 1 aliphatic rings. The molecule has 2 heteroatoms. The maximum Gasteiger partial charge on any atom is 0.0746 e. The van der Waals surface area contributed by atoms with Crippen molar-refractivity contribution in [3.63, 3.8) is 0 Å². The van der Waals surface area contributed by atoms with Gasteiger partial charge in [0.25, 0.3) is 0 Å². The molecular formula is C18H37NO. The van der Waals surface area contributed by atoms with Gasteiger partial charge in [-0.25, -0.2) is 0 Å². The molecule has 1 rings (SSSR count). The Morgan fingerprint density at radius 1 is 1.05 bits per heavy atom. The lowest BCUT2D eigenvalue weighted by Crippen LogP contribution is -2.53. The van der Waals surface area contributed by atoms with Gasteiger partial charge in [0, 0.05) is 6.04 Å². The third-order valence-corrected chi connectivity index (χ3v) is 4.94. The zero-order chi connectivity index (χ0) is 15.3. The fraction of sp³-hybridized carbons (Fsp3) is 1.00. The highest BCUT2D eigenvalue weighted by molar-refractivity contribution is 4.93. The van der Waals surface area contributed by atoms with E-state index in [1.807, 2.05) is 0 Å². The van der Waals surface area contributed by atoms with Crippen LogP contribution in [0.15, 0.2) is 0 Å². The third-order valence-electron chi connectivity index (χ3n) is 4.94. The molecule has 2 nitrogen and oxygen atoms in total. The Balaban J connectivity index is 2.69. The minimum absolute atomic E-state index is 0.0802. The Hall–Kier alpha value is -0.0800. The summed E-state index contributed by atoms with van der Waals surface area (Å²) in [5.41, 5.74) is 0.0802. The van der Waals surface area contributed by atoms with Crippen molar-refractivity contribution in [3.05, 3.63) is 0 Å². The smallest absolute Gasteiger partial charge is 0.0746 e. The average Bonchev–Trinajstić information content (AvgIpc) is 2.33. The second kappa shape index (κ2) is 7.79. The molecule has 1 N–H and O–H groups in total. The van der Waals surface area contributed by atoms with Crippen molar-refractivity contribution in [1.29, 1.82) is 0 Å². The Morgan fingerprint density at radius 3 is 2.00 bits per heavy atom. The summed E-state index contributed by atoms with van der Waals surface area (Å²) < 4.78 is 0. The van der Waals surface area contributed by atoms with Crippen molar-refractivity contribution < 1.29 is 5.11 Å². The van der Waals surface area contributed by atoms with Crippen molar-refractivity contribution in [2.45, 2.75) is 85.8 Å². The van der Waals surface area contributed by atoms with Crippen LogP contribution in [0.1, 0.15) is 73.6 Å². The lowest BCUT2D eigenvalue weighted by Gasteiger charge is -2.46. The first kappa shape index (κ1) is 18.0. The van der Waals surface area contributed by atoms with E-state index in [0.717, 1.165) is 31.3 Å². The summed E-state index contributed by atoms with van der Waals surface area (Å²) in [7, 11) is 0. The Kier molecular flexibility index (Phi) is 7.00. The molecule has 1 saturated carbocycles. The fourth-order valence-electron chi connectivity index (χ4n) is 3.27. The first-order chi connectivity index (χ1) is 9.24. The monoisotopic (exact) mass is 283 g/mol. The van der Waals surface area contributed by atoms with E-state index in [4.69, 9.17) is 0 Å². The van der Waals surface area contributed by atoms with Crippen LogP contribution in [0, 0.1) is 17.3 Å². The number of aliphatic hydroxyl groups is 1. The second-order valence-corrected chi connectivity index (χ2v) is 8.29. The molecule has 1 fully saturated rings. The number of aliphatic hydroxyl groups excluding tert-OH is 1. The van der Waals surface area contributed by atoms with E-state index in [9.17, 15) is 5.11 Å². The zero-order valence-corrected chi connectivity index (χ0v) is 14.7. The summed E-state index contributed by atoms with van der Waals surface area (Å²) in [6.45, 7) is 15.9. The molecule has 2 atom stereocenters. The van der Waals surface area contributed by atoms with Crippen molar-refractivity contribution >= 4 is 0 Å². The number of rotatable bonds is 7. The minimum Gasteiger partial charge on any atom is -0.391 e. The van der Waals surface area contributed by atoms with Gasteiger partial charge in [-0.2, -0.15) is 0 Å². The quantitative estimate of drug-likeness (QED) is 0.752. The summed E-state index contributed by atoms with van der Waals surface area (Å²) in [4.78, 5) is 2.59. The van der Waals surface area contributed by atoms with Gasteiger partial charge >= 0.3 is 0 Å². The first-order valence-corrected chi connectivity index (χ1v) is 8.66. The summed E-state index contributed by atoms with van der Waals surface area (Å²) >= 11 is 0. The Bertz CT molecular complexity index is 261. The van der Waals surface area contributed by atoms with Crippen molar-refractivity contribution in [3.8, 4) is 0 Å². The van der Waals surface area contributed by atoms with Crippen LogP contribution in [-0.4, -0.2) is 35.2 Å². The minimum atomic E-state index is -0.171. The highest BCUT2D eigenvalue weighted by Crippen LogP contribution is 2.38. The van der Waals surface area contributed by atoms with Gasteiger partial charge in [-0.05, 0) is 56.0 Å². The van der Waals surface area contributed by atoms with Crippen LogP contribution in [-0.2, 0) is 0 Å². The van der Waals surface area contributed by atoms with E-state index in [1.54, 1.807) is 0 Å². The molecule has 0 radical (unpaired) electrons. The molecule has 20 heavy (non-hydrogen) atoms.